The fourth-order valence-electron chi connectivity index (χ4n) is 5.78. The summed E-state index contributed by atoms with van der Waals surface area (Å²) in [7, 11) is -0.917. The predicted octanol–water partition coefficient (Wildman–Crippen LogP) is 5.06. The first kappa shape index (κ1) is 38.6. The van der Waals surface area contributed by atoms with Crippen molar-refractivity contribution in [3.63, 3.8) is 0 Å². The lowest BCUT2D eigenvalue weighted by atomic mass is 10.0. The van der Waals surface area contributed by atoms with E-state index in [1.54, 1.807) is 70.3 Å². The molecule has 2 aromatic carbocycles. The van der Waals surface area contributed by atoms with Gasteiger partial charge in [-0.1, -0.05) is 12.1 Å². The molecule has 2 heterocycles. The normalized spacial score (nSPS) is 20.0. The molecule has 0 spiro atoms. The van der Waals surface area contributed by atoms with E-state index in [1.165, 1.54) is 16.3 Å². The molecule has 3 aromatic rings. The van der Waals surface area contributed by atoms with Gasteiger partial charge in [-0.2, -0.15) is 4.31 Å². The van der Waals surface area contributed by atoms with E-state index in [-0.39, 0.29) is 53.6 Å². The maximum absolute atomic E-state index is 14.4. The minimum atomic E-state index is -3.96. The number of sulfonamides is 1. The van der Waals surface area contributed by atoms with Crippen molar-refractivity contribution in [2.24, 2.45) is 5.92 Å². The number of aryl methyl sites for hydroxylation is 2. The van der Waals surface area contributed by atoms with Crippen molar-refractivity contribution in [1.82, 2.24) is 14.4 Å². The fourth-order valence-corrected chi connectivity index (χ4v) is 7.25. The lowest BCUT2D eigenvalue weighted by Crippen LogP contribution is -2.48. The van der Waals surface area contributed by atoms with Crippen molar-refractivity contribution in [2.45, 2.75) is 77.0 Å². The van der Waals surface area contributed by atoms with Crippen LogP contribution in [0, 0.1) is 19.8 Å². The number of hydrogen-bond donors (Lipinski definition) is 3. The third kappa shape index (κ3) is 9.53. The van der Waals surface area contributed by atoms with Crippen LogP contribution >= 0.6 is 0 Å². The molecular formula is C35H49N5O9S. The van der Waals surface area contributed by atoms with Crippen molar-refractivity contribution < 1.29 is 41.8 Å². The van der Waals surface area contributed by atoms with E-state index < -0.39 is 34.1 Å². The highest BCUT2D eigenvalue weighted by Crippen LogP contribution is 2.29. The van der Waals surface area contributed by atoms with Crippen LogP contribution < -0.4 is 20.1 Å². The highest BCUT2D eigenvalue weighted by molar-refractivity contribution is 7.89. The Morgan fingerprint density at radius 3 is 2.44 bits per heavy atom. The first-order valence-corrected chi connectivity index (χ1v) is 18.1. The van der Waals surface area contributed by atoms with Gasteiger partial charge in [0.05, 0.1) is 37.5 Å². The Kier molecular flexibility index (Phi) is 13.3. The Bertz CT molecular complexity index is 1690. The van der Waals surface area contributed by atoms with Crippen molar-refractivity contribution >= 4 is 33.3 Å². The average molecular weight is 716 g/mol. The average Bonchev–Trinajstić information content (AvgIpc) is 3.44. The number of nitrogens with one attached hydrogen (secondary N) is 2. The number of likely N-dealkylation sites (N-methyl/N-ethyl adjacent to an activating group) is 1. The lowest BCUT2D eigenvalue weighted by Gasteiger charge is -2.35. The van der Waals surface area contributed by atoms with E-state index in [1.807, 2.05) is 13.8 Å². The van der Waals surface area contributed by atoms with Crippen LogP contribution in [-0.2, 0) is 14.8 Å². The summed E-state index contributed by atoms with van der Waals surface area (Å²) in [5.41, 5.74) is 1.38. The number of amides is 3. The van der Waals surface area contributed by atoms with Crippen LogP contribution in [0.3, 0.4) is 0 Å². The predicted molar refractivity (Wildman–Crippen MR) is 188 cm³/mol. The number of rotatable bonds is 9. The zero-order chi connectivity index (χ0) is 36.6. The molecule has 0 fully saturated rings. The molecule has 50 heavy (non-hydrogen) atoms. The Hall–Kier alpha value is -4.18. The van der Waals surface area contributed by atoms with Crippen LogP contribution in [0.25, 0.3) is 0 Å². The molecule has 0 unspecified atom stereocenters. The van der Waals surface area contributed by atoms with Gasteiger partial charge in [0.15, 0.2) is 5.76 Å². The number of carbonyl (C=O) groups excluding carboxylic acids is 2. The third-order valence-electron chi connectivity index (χ3n) is 8.73. The van der Waals surface area contributed by atoms with E-state index in [9.17, 15) is 23.1 Å². The first-order chi connectivity index (χ1) is 23.7. The van der Waals surface area contributed by atoms with Crippen LogP contribution in [0.5, 0.6) is 11.5 Å². The summed E-state index contributed by atoms with van der Waals surface area (Å²) in [6, 6.07) is 10.6. The summed E-state index contributed by atoms with van der Waals surface area (Å²) in [5, 5.41) is 19.6. The molecule has 1 aromatic heterocycles. The van der Waals surface area contributed by atoms with Crippen LogP contribution in [0.4, 0.5) is 16.2 Å². The maximum Gasteiger partial charge on any atom is 0.323 e. The molecule has 15 heteroatoms. The number of aliphatic hydroxyl groups is 1. The van der Waals surface area contributed by atoms with Gasteiger partial charge >= 0.3 is 6.03 Å². The molecule has 0 bridgehead atoms. The second-order valence-corrected chi connectivity index (χ2v) is 14.7. The maximum atomic E-state index is 14.4. The Morgan fingerprint density at radius 2 is 1.80 bits per heavy atom. The molecule has 14 nitrogen and oxygen atoms in total. The molecule has 0 saturated heterocycles. The van der Waals surface area contributed by atoms with Gasteiger partial charge in [0.25, 0.3) is 5.91 Å². The number of aliphatic hydroxyl groups excluding tert-OH is 1. The minimum absolute atomic E-state index is 0.0105. The number of hydrogen-bond acceptors (Lipinski definition) is 10. The second-order valence-electron chi connectivity index (χ2n) is 12.8. The quantitative estimate of drug-likeness (QED) is 0.272. The Labute approximate surface area is 294 Å². The van der Waals surface area contributed by atoms with Gasteiger partial charge in [-0.15, -0.1) is 0 Å². The van der Waals surface area contributed by atoms with E-state index in [2.05, 4.69) is 15.8 Å². The molecule has 4 rings (SSSR count). The highest BCUT2D eigenvalue weighted by atomic mass is 32.2. The molecule has 274 valence electrons. The summed E-state index contributed by atoms with van der Waals surface area (Å²) in [6.45, 7) is 8.87. The number of carbonyl (C=O) groups is 2. The van der Waals surface area contributed by atoms with Gasteiger partial charge in [-0.25, -0.2) is 13.2 Å². The summed E-state index contributed by atoms with van der Waals surface area (Å²) in [6.07, 6.45) is 1.33. The van der Waals surface area contributed by atoms with Gasteiger partial charge in [-0.3, -0.25) is 4.79 Å². The second kappa shape index (κ2) is 17.2. The van der Waals surface area contributed by atoms with Gasteiger partial charge in [-0.05, 0) is 89.4 Å². The summed E-state index contributed by atoms with van der Waals surface area (Å²) < 4.78 is 51.3. The number of anilines is 2. The number of methoxy groups -OCH3 is 1. The van der Waals surface area contributed by atoms with Gasteiger partial charge in [0, 0.05) is 44.0 Å². The summed E-state index contributed by atoms with van der Waals surface area (Å²) in [5.74, 6) is 0.412. The van der Waals surface area contributed by atoms with E-state index >= 15 is 0 Å². The first-order valence-electron chi connectivity index (χ1n) is 16.7. The number of fused-ring (bicyclic) bond motifs is 1. The molecular weight excluding hydrogens is 666 g/mol. The van der Waals surface area contributed by atoms with Crippen LogP contribution in [0.15, 0.2) is 51.9 Å². The molecule has 4 atom stereocenters. The molecule has 0 radical (unpaired) electrons. The summed E-state index contributed by atoms with van der Waals surface area (Å²) >= 11 is 0. The standard InChI is InChI=1S/C35H49N5O9S/c1-22-19-40(23(2)21-41)34(42)30-18-28(37-35(43)36-27-11-14-29(46-7)15-12-27)13-16-31(30)48-24(3)10-8-9-17-47-32(22)20-39(6)50(44,45)33-25(4)38-49-26(33)5/h11-16,18,22-24,32,41H,8-10,17,19-21H2,1-7H3,(H2,36,37,43)/t22-,23+,24+,32-/m0/s1. The van der Waals surface area contributed by atoms with Crippen molar-refractivity contribution in [3.05, 3.63) is 59.5 Å². The van der Waals surface area contributed by atoms with E-state index in [0.29, 0.717) is 42.3 Å². The van der Waals surface area contributed by atoms with Crippen molar-refractivity contribution in [3.8, 4) is 11.5 Å². The highest BCUT2D eigenvalue weighted by Gasteiger charge is 2.34. The molecule has 0 saturated carbocycles. The van der Waals surface area contributed by atoms with Gasteiger partial charge in [0.1, 0.15) is 22.1 Å². The molecule has 0 aliphatic carbocycles. The Morgan fingerprint density at radius 1 is 1.12 bits per heavy atom. The van der Waals surface area contributed by atoms with Crippen LogP contribution in [0.2, 0.25) is 0 Å². The van der Waals surface area contributed by atoms with Crippen LogP contribution in [-0.4, -0.2) is 98.5 Å². The van der Waals surface area contributed by atoms with E-state index in [0.717, 1.165) is 6.42 Å². The Balaban J connectivity index is 1.62. The molecule has 3 N–H and O–H groups in total. The van der Waals surface area contributed by atoms with Gasteiger partial charge < -0.3 is 39.4 Å². The van der Waals surface area contributed by atoms with Crippen LogP contribution in [0.1, 0.15) is 61.8 Å². The third-order valence-corrected chi connectivity index (χ3v) is 10.8. The molecule has 3 amide bonds. The monoisotopic (exact) mass is 715 g/mol. The minimum Gasteiger partial charge on any atom is -0.497 e. The van der Waals surface area contributed by atoms with E-state index in [4.69, 9.17) is 18.7 Å². The zero-order valence-corrected chi connectivity index (χ0v) is 30.6. The molecule has 1 aliphatic rings. The number of ether oxygens (including phenoxy) is 3. The van der Waals surface area contributed by atoms with Crippen molar-refractivity contribution in [1.29, 1.82) is 0 Å². The van der Waals surface area contributed by atoms with Gasteiger partial charge in [0.2, 0.25) is 10.0 Å². The smallest absolute Gasteiger partial charge is 0.323 e. The number of aromatic nitrogens is 1. The summed E-state index contributed by atoms with van der Waals surface area (Å²) in [4.78, 5) is 28.9. The fraction of sp³-hybridized carbons (Fsp3) is 0.514. The topological polar surface area (TPSA) is 173 Å². The number of nitrogens with zero attached hydrogens (tertiary/aromatic N) is 3. The zero-order valence-electron chi connectivity index (χ0n) is 29.8. The largest absolute Gasteiger partial charge is 0.497 e. The van der Waals surface area contributed by atoms with Crippen molar-refractivity contribution in [2.75, 3.05) is 51.1 Å². The number of benzene rings is 2. The lowest BCUT2D eigenvalue weighted by molar-refractivity contribution is -0.00835. The SMILES string of the molecule is COc1ccc(NC(=O)Nc2ccc3c(c2)C(=O)N([C@H](C)CO)C[C@H](C)[C@H](CN(C)S(=O)(=O)c2c(C)noc2C)OCCCC[C@@H](C)O3)cc1. The number of urea groups is 1. The molecule has 1 aliphatic heterocycles.